The Kier molecular flexibility index (Phi) is 3.03. The zero-order valence-electron chi connectivity index (χ0n) is 10.3. The molecule has 5 heteroatoms. The van der Waals surface area contributed by atoms with E-state index in [1.54, 1.807) is 24.5 Å². The average Bonchev–Trinajstić information content (AvgIpc) is 2.81. The maximum absolute atomic E-state index is 11.4. The molecule has 0 saturated carbocycles. The number of aryl methyl sites for hydroxylation is 1. The lowest BCUT2D eigenvalue weighted by atomic mass is 10.0. The fourth-order valence-electron chi connectivity index (χ4n) is 2.60. The standard InChI is InChI=1S/C14H13ClN2O2/c15-9-4-3-7-12(13(9)14(18)19)17-8-16-10-5-1-2-6-11(10)17/h3-4,7-8H,1-2,5-6H2,(H,18,19). The molecule has 0 unspecified atom stereocenters. The third kappa shape index (κ3) is 2.02. The molecule has 1 aromatic carbocycles. The van der Waals surface area contributed by atoms with Crippen LogP contribution in [0, 0.1) is 0 Å². The van der Waals surface area contributed by atoms with E-state index in [1.165, 1.54) is 0 Å². The summed E-state index contributed by atoms with van der Waals surface area (Å²) in [5.74, 6) is -1.01. The topological polar surface area (TPSA) is 55.1 Å². The molecule has 1 aromatic heterocycles. The molecule has 0 saturated heterocycles. The van der Waals surface area contributed by atoms with E-state index in [0.717, 1.165) is 37.1 Å². The molecular formula is C14H13ClN2O2. The van der Waals surface area contributed by atoms with Crippen LogP contribution in [0.3, 0.4) is 0 Å². The number of imidazole rings is 1. The fourth-order valence-corrected chi connectivity index (χ4v) is 2.85. The minimum absolute atomic E-state index is 0.134. The Balaban J connectivity index is 2.20. The zero-order valence-corrected chi connectivity index (χ0v) is 11.0. The molecule has 0 bridgehead atoms. The second kappa shape index (κ2) is 4.70. The number of nitrogens with zero attached hydrogens (tertiary/aromatic N) is 2. The van der Waals surface area contributed by atoms with Crippen LogP contribution in [0.4, 0.5) is 0 Å². The van der Waals surface area contributed by atoms with Gasteiger partial charge in [0.2, 0.25) is 0 Å². The predicted octanol–water partition coefficient (Wildman–Crippen LogP) is 3.10. The van der Waals surface area contributed by atoms with Gasteiger partial charge in [-0.2, -0.15) is 0 Å². The number of hydrogen-bond donors (Lipinski definition) is 1. The normalized spacial score (nSPS) is 14.2. The molecule has 0 spiro atoms. The van der Waals surface area contributed by atoms with Crippen LogP contribution in [-0.2, 0) is 12.8 Å². The van der Waals surface area contributed by atoms with E-state index < -0.39 is 5.97 Å². The summed E-state index contributed by atoms with van der Waals surface area (Å²) in [4.78, 5) is 15.8. The first-order valence-electron chi connectivity index (χ1n) is 6.26. The molecule has 19 heavy (non-hydrogen) atoms. The van der Waals surface area contributed by atoms with Gasteiger partial charge in [-0.15, -0.1) is 0 Å². The van der Waals surface area contributed by atoms with Gasteiger partial charge in [-0.3, -0.25) is 0 Å². The average molecular weight is 277 g/mol. The molecule has 0 fully saturated rings. The first kappa shape index (κ1) is 12.2. The van der Waals surface area contributed by atoms with Gasteiger partial charge in [0.1, 0.15) is 5.56 Å². The summed E-state index contributed by atoms with van der Waals surface area (Å²) in [6.45, 7) is 0. The van der Waals surface area contributed by atoms with Crippen LogP contribution in [0.5, 0.6) is 0 Å². The Morgan fingerprint density at radius 3 is 2.89 bits per heavy atom. The number of benzene rings is 1. The summed E-state index contributed by atoms with van der Waals surface area (Å²) in [5, 5.41) is 9.58. The van der Waals surface area contributed by atoms with Crippen molar-refractivity contribution in [2.75, 3.05) is 0 Å². The quantitative estimate of drug-likeness (QED) is 0.917. The maximum Gasteiger partial charge on any atom is 0.339 e. The van der Waals surface area contributed by atoms with E-state index in [9.17, 15) is 9.90 Å². The molecule has 0 amide bonds. The van der Waals surface area contributed by atoms with E-state index in [-0.39, 0.29) is 10.6 Å². The summed E-state index contributed by atoms with van der Waals surface area (Å²) in [6, 6.07) is 5.13. The van der Waals surface area contributed by atoms with Crippen molar-refractivity contribution in [3.8, 4) is 5.69 Å². The Bertz CT molecular complexity index is 649. The first-order chi connectivity index (χ1) is 9.18. The van der Waals surface area contributed by atoms with Crippen LogP contribution in [-0.4, -0.2) is 20.6 Å². The number of hydrogen-bond acceptors (Lipinski definition) is 2. The van der Waals surface area contributed by atoms with Gasteiger partial charge in [-0.05, 0) is 37.8 Å². The van der Waals surface area contributed by atoms with Crippen molar-refractivity contribution in [2.45, 2.75) is 25.7 Å². The van der Waals surface area contributed by atoms with Gasteiger partial charge < -0.3 is 9.67 Å². The van der Waals surface area contributed by atoms with Crippen LogP contribution in [0.2, 0.25) is 5.02 Å². The third-order valence-electron chi connectivity index (χ3n) is 3.50. The smallest absolute Gasteiger partial charge is 0.339 e. The molecule has 0 atom stereocenters. The van der Waals surface area contributed by atoms with Crippen molar-refractivity contribution in [2.24, 2.45) is 0 Å². The molecule has 1 aliphatic rings. The zero-order chi connectivity index (χ0) is 13.4. The van der Waals surface area contributed by atoms with Crippen LogP contribution in [0.25, 0.3) is 5.69 Å². The number of fused-ring (bicyclic) bond motifs is 1. The second-order valence-corrected chi connectivity index (χ2v) is 5.06. The van der Waals surface area contributed by atoms with Gasteiger partial charge in [-0.25, -0.2) is 9.78 Å². The van der Waals surface area contributed by atoms with Crippen molar-refractivity contribution in [1.29, 1.82) is 0 Å². The second-order valence-electron chi connectivity index (χ2n) is 4.65. The molecule has 0 aliphatic heterocycles. The molecule has 1 heterocycles. The third-order valence-corrected chi connectivity index (χ3v) is 3.81. The molecule has 0 radical (unpaired) electrons. The van der Waals surface area contributed by atoms with Gasteiger partial charge in [0.05, 0.1) is 22.7 Å². The number of halogens is 1. The van der Waals surface area contributed by atoms with Crippen LogP contribution in [0.15, 0.2) is 24.5 Å². The lowest BCUT2D eigenvalue weighted by molar-refractivity contribution is 0.0697. The molecular weight excluding hydrogens is 264 g/mol. The number of rotatable bonds is 2. The van der Waals surface area contributed by atoms with Gasteiger partial charge in [-0.1, -0.05) is 17.7 Å². The Labute approximate surface area is 115 Å². The Hall–Kier alpha value is -1.81. The monoisotopic (exact) mass is 276 g/mol. The molecule has 1 N–H and O–H groups in total. The number of aromatic carboxylic acids is 1. The fraction of sp³-hybridized carbons (Fsp3) is 0.286. The minimum Gasteiger partial charge on any atom is -0.478 e. The first-order valence-corrected chi connectivity index (χ1v) is 6.63. The highest BCUT2D eigenvalue weighted by Crippen LogP contribution is 2.28. The highest BCUT2D eigenvalue weighted by atomic mass is 35.5. The summed E-state index contributed by atoms with van der Waals surface area (Å²) in [6.07, 6.45) is 5.85. The Morgan fingerprint density at radius 2 is 2.11 bits per heavy atom. The lowest BCUT2D eigenvalue weighted by Crippen LogP contribution is -2.11. The highest BCUT2D eigenvalue weighted by Gasteiger charge is 2.21. The molecule has 3 rings (SSSR count). The van der Waals surface area contributed by atoms with Gasteiger partial charge in [0, 0.05) is 5.69 Å². The SMILES string of the molecule is O=C(O)c1c(Cl)cccc1-n1cnc2c1CCCC2. The maximum atomic E-state index is 11.4. The van der Waals surface area contributed by atoms with Crippen molar-refractivity contribution < 1.29 is 9.90 Å². The van der Waals surface area contributed by atoms with Crippen molar-refractivity contribution in [1.82, 2.24) is 9.55 Å². The largest absolute Gasteiger partial charge is 0.478 e. The Morgan fingerprint density at radius 1 is 1.32 bits per heavy atom. The number of aromatic nitrogens is 2. The summed E-state index contributed by atoms with van der Waals surface area (Å²) < 4.78 is 1.86. The molecule has 98 valence electrons. The van der Waals surface area contributed by atoms with E-state index in [1.807, 2.05) is 4.57 Å². The van der Waals surface area contributed by atoms with E-state index in [2.05, 4.69) is 4.98 Å². The number of carboxylic acid groups (broad SMARTS) is 1. The molecule has 1 aliphatic carbocycles. The molecule has 2 aromatic rings. The summed E-state index contributed by atoms with van der Waals surface area (Å²) in [7, 11) is 0. The van der Waals surface area contributed by atoms with Crippen molar-refractivity contribution in [3.05, 3.63) is 46.5 Å². The summed E-state index contributed by atoms with van der Waals surface area (Å²) in [5.41, 5.74) is 2.91. The predicted molar refractivity (Wildman–Crippen MR) is 72.2 cm³/mol. The van der Waals surface area contributed by atoms with Crippen LogP contribution in [0.1, 0.15) is 34.6 Å². The minimum atomic E-state index is -1.01. The van der Waals surface area contributed by atoms with E-state index in [4.69, 9.17) is 11.6 Å². The van der Waals surface area contributed by atoms with Gasteiger partial charge >= 0.3 is 5.97 Å². The highest BCUT2D eigenvalue weighted by molar-refractivity contribution is 6.34. The molecule has 4 nitrogen and oxygen atoms in total. The van der Waals surface area contributed by atoms with Crippen molar-refractivity contribution in [3.63, 3.8) is 0 Å². The van der Waals surface area contributed by atoms with Gasteiger partial charge in [0.15, 0.2) is 0 Å². The van der Waals surface area contributed by atoms with Crippen molar-refractivity contribution >= 4 is 17.6 Å². The number of carbonyl (C=O) groups is 1. The lowest BCUT2D eigenvalue weighted by Gasteiger charge is -2.15. The van der Waals surface area contributed by atoms with E-state index in [0.29, 0.717) is 5.69 Å². The summed E-state index contributed by atoms with van der Waals surface area (Å²) >= 11 is 6.01. The van der Waals surface area contributed by atoms with Crippen LogP contribution >= 0.6 is 11.6 Å². The number of carboxylic acids is 1. The van der Waals surface area contributed by atoms with Gasteiger partial charge in [0.25, 0.3) is 0 Å². The van der Waals surface area contributed by atoms with Crippen LogP contribution < -0.4 is 0 Å². The van der Waals surface area contributed by atoms with E-state index >= 15 is 0 Å².